The first-order chi connectivity index (χ1) is 12.1. The lowest BCUT2D eigenvalue weighted by Crippen LogP contribution is -2.50. The summed E-state index contributed by atoms with van der Waals surface area (Å²) in [6.07, 6.45) is 4.35. The normalized spacial score (nSPS) is 16.8. The Balaban J connectivity index is 1.55. The maximum absolute atomic E-state index is 12.9. The summed E-state index contributed by atoms with van der Waals surface area (Å²) in [5.41, 5.74) is 2.62. The van der Waals surface area contributed by atoms with Crippen LogP contribution in [-0.2, 0) is 11.3 Å². The van der Waals surface area contributed by atoms with E-state index in [1.165, 1.54) is 11.1 Å². The highest BCUT2D eigenvalue weighted by Crippen LogP contribution is 2.19. The van der Waals surface area contributed by atoms with Gasteiger partial charge >= 0.3 is 0 Å². The van der Waals surface area contributed by atoms with Crippen molar-refractivity contribution in [3.8, 4) is 0 Å². The highest BCUT2D eigenvalue weighted by molar-refractivity contribution is 9.10. The summed E-state index contributed by atoms with van der Waals surface area (Å²) in [4.78, 5) is 17.3. The van der Waals surface area contributed by atoms with Gasteiger partial charge < -0.3 is 4.90 Å². The molecule has 1 atom stereocenters. The maximum atomic E-state index is 12.9. The molecule has 134 valence electrons. The Morgan fingerprint density at radius 1 is 1.20 bits per heavy atom. The zero-order valence-electron chi connectivity index (χ0n) is 14.9. The molecule has 1 aromatic heterocycles. The molecule has 0 saturated carbocycles. The van der Waals surface area contributed by atoms with Gasteiger partial charge in [0, 0.05) is 38.9 Å². The van der Waals surface area contributed by atoms with Crippen molar-refractivity contribution in [2.45, 2.75) is 32.9 Å². The third-order valence-electron chi connectivity index (χ3n) is 4.77. The minimum Gasteiger partial charge on any atom is -0.338 e. The van der Waals surface area contributed by atoms with Crippen LogP contribution in [0.15, 0.2) is 41.1 Å². The molecule has 0 spiro atoms. The number of carbonyl (C=O) groups is 1. The number of piperazine rings is 1. The molecule has 1 saturated heterocycles. The summed E-state index contributed by atoms with van der Waals surface area (Å²) in [6, 6.07) is 8.48. The van der Waals surface area contributed by atoms with Crippen molar-refractivity contribution in [1.82, 2.24) is 19.6 Å². The smallest absolute Gasteiger partial charge is 0.247 e. The number of aryl methyl sites for hydroxylation is 1. The van der Waals surface area contributed by atoms with E-state index in [1.54, 1.807) is 10.9 Å². The zero-order valence-corrected chi connectivity index (χ0v) is 16.4. The van der Waals surface area contributed by atoms with Gasteiger partial charge in [-0.15, -0.1) is 0 Å². The van der Waals surface area contributed by atoms with E-state index >= 15 is 0 Å². The highest BCUT2D eigenvalue weighted by Gasteiger charge is 2.28. The van der Waals surface area contributed by atoms with Gasteiger partial charge in [0.1, 0.15) is 6.04 Å². The average molecular weight is 405 g/mol. The second kappa shape index (κ2) is 8.15. The minimum absolute atomic E-state index is 0.174. The van der Waals surface area contributed by atoms with Crippen LogP contribution in [0.25, 0.3) is 0 Å². The maximum Gasteiger partial charge on any atom is 0.247 e. The number of rotatable bonds is 5. The lowest BCUT2D eigenvalue weighted by Gasteiger charge is -2.36. The van der Waals surface area contributed by atoms with Gasteiger partial charge in [0.2, 0.25) is 5.91 Å². The van der Waals surface area contributed by atoms with Crippen LogP contribution in [0, 0.1) is 6.92 Å². The number of halogens is 1. The van der Waals surface area contributed by atoms with Crippen molar-refractivity contribution in [2.75, 3.05) is 26.2 Å². The van der Waals surface area contributed by atoms with Crippen LogP contribution in [0.3, 0.4) is 0 Å². The number of nitrogens with zero attached hydrogens (tertiary/aromatic N) is 4. The monoisotopic (exact) mass is 404 g/mol. The van der Waals surface area contributed by atoms with Crippen molar-refractivity contribution in [3.63, 3.8) is 0 Å². The fourth-order valence-electron chi connectivity index (χ4n) is 3.25. The molecule has 2 heterocycles. The van der Waals surface area contributed by atoms with Crippen molar-refractivity contribution >= 4 is 21.8 Å². The van der Waals surface area contributed by atoms with E-state index in [0.717, 1.165) is 43.6 Å². The van der Waals surface area contributed by atoms with Crippen LogP contribution in [0.5, 0.6) is 0 Å². The predicted octanol–water partition coefficient (Wildman–Crippen LogP) is 3.25. The molecule has 0 bridgehead atoms. The van der Waals surface area contributed by atoms with E-state index in [1.807, 2.05) is 18.0 Å². The van der Waals surface area contributed by atoms with Gasteiger partial charge in [0.25, 0.3) is 0 Å². The van der Waals surface area contributed by atoms with Gasteiger partial charge in [-0.25, -0.2) is 0 Å². The Morgan fingerprint density at radius 3 is 2.44 bits per heavy atom. The van der Waals surface area contributed by atoms with E-state index < -0.39 is 0 Å². The van der Waals surface area contributed by atoms with E-state index in [9.17, 15) is 4.79 Å². The van der Waals surface area contributed by atoms with Crippen LogP contribution in [0.4, 0.5) is 0 Å². The summed E-state index contributed by atoms with van der Waals surface area (Å²) in [5.74, 6) is 0.174. The number of hydrogen-bond donors (Lipinski definition) is 0. The molecule has 6 heteroatoms. The Bertz CT molecular complexity index is 704. The lowest BCUT2D eigenvalue weighted by atomic mass is 10.1. The van der Waals surface area contributed by atoms with E-state index in [-0.39, 0.29) is 11.9 Å². The summed E-state index contributed by atoms with van der Waals surface area (Å²) in [6.45, 7) is 8.48. The molecule has 1 aromatic carbocycles. The molecule has 2 aromatic rings. The summed E-state index contributed by atoms with van der Waals surface area (Å²) < 4.78 is 2.67. The topological polar surface area (TPSA) is 41.4 Å². The molecule has 1 fully saturated rings. The van der Waals surface area contributed by atoms with Crippen molar-refractivity contribution in [1.29, 1.82) is 0 Å². The number of hydrogen-bond acceptors (Lipinski definition) is 3. The molecule has 1 unspecified atom stereocenters. The molecule has 3 rings (SSSR count). The van der Waals surface area contributed by atoms with Crippen molar-refractivity contribution in [2.24, 2.45) is 0 Å². The van der Waals surface area contributed by atoms with Crippen LogP contribution >= 0.6 is 15.9 Å². The molecule has 1 aliphatic heterocycles. The van der Waals surface area contributed by atoms with Crippen LogP contribution in [-0.4, -0.2) is 51.7 Å². The molecular formula is C19H25BrN4O. The van der Waals surface area contributed by atoms with Crippen LogP contribution < -0.4 is 0 Å². The van der Waals surface area contributed by atoms with Gasteiger partial charge in [-0.2, -0.15) is 5.10 Å². The first-order valence-electron chi connectivity index (χ1n) is 8.83. The quantitative estimate of drug-likeness (QED) is 0.767. The van der Waals surface area contributed by atoms with Crippen molar-refractivity contribution in [3.05, 3.63) is 52.3 Å². The Hall–Kier alpha value is -1.66. The molecule has 0 radical (unpaired) electrons. The van der Waals surface area contributed by atoms with Gasteiger partial charge in [-0.1, -0.05) is 36.8 Å². The zero-order chi connectivity index (χ0) is 17.8. The highest BCUT2D eigenvalue weighted by atomic mass is 79.9. The number of aromatic nitrogens is 2. The second-order valence-corrected chi connectivity index (χ2v) is 7.57. The number of carbonyl (C=O) groups excluding carboxylic acids is 1. The van der Waals surface area contributed by atoms with Gasteiger partial charge in [0.15, 0.2) is 0 Å². The standard InChI is InChI=1S/C19H25BrN4O/c1-3-18(24-14-17(20)12-21-24)19(25)23-10-8-22(9-11-23)13-16-6-4-15(2)5-7-16/h4-7,12,14,18H,3,8-11,13H2,1-2H3. The second-order valence-electron chi connectivity index (χ2n) is 6.65. The van der Waals surface area contributed by atoms with Gasteiger partial charge in [0.05, 0.1) is 10.7 Å². The summed E-state index contributed by atoms with van der Waals surface area (Å²) in [5, 5.41) is 4.29. The third kappa shape index (κ3) is 4.50. The average Bonchev–Trinajstić information content (AvgIpc) is 3.04. The first-order valence-corrected chi connectivity index (χ1v) is 9.62. The number of benzene rings is 1. The largest absolute Gasteiger partial charge is 0.338 e. The summed E-state index contributed by atoms with van der Waals surface area (Å²) >= 11 is 3.40. The molecule has 1 aliphatic rings. The summed E-state index contributed by atoms with van der Waals surface area (Å²) in [7, 11) is 0. The van der Waals surface area contributed by atoms with E-state index in [4.69, 9.17) is 0 Å². The van der Waals surface area contributed by atoms with Crippen molar-refractivity contribution < 1.29 is 4.79 Å². The molecule has 0 aliphatic carbocycles. The minimum atomic E-state index is -0.213. The molecule has 0 N–H and O–H groups in total. The Morgan fingerprint density at radius 2 is 1.88 bits per heavy atom. The predicted molar refractivity (Wildman–Crippen MR) is 102 cm³/mol. The first kappa shape index (κ1) is 18.1. The van der Waals surface area contributed by atoms with Gasteiger partial charge in [-0.3, -0.25) is 14.4 Å². The molecular weight excluding hydrogens is 380 g/mol. The fraction of sp³-hybridized carbons (Fsp3) is 0.474. The molecule has 25 heavy (non-hydrogen) atoms. The van der Waals surface area contributed by atoms with Gasteiger partial charge in [-0.05, 0) is 34.8 Å². The molecule has 1 amide bonds. The van der Waals surface area contributed by atoms with E-state index in [2.05, 4.69) is 57.1 Å². The Kier molecular flexibility index (Phi) is 5.91. The number of amides is 1. The SMILES string of the molecule is CCC(C(=O)N1CCN(Cc2ccc(C)cc2)CC1)n1cc(Br)cn1. The fourth-order valence-corrected chi connectivity index (χ4v) is 3.55. The molecule has 5 nitrogen and oxygen atoms in total. The lowest BCUT2D eigenvalue weighted by molar-refractivity contribution is -0.137. The van der Waals surface area contributed by atoms with Crippen LogP contribution in [0.1, 0.15) is 30.5 Å². The van der Waals surface area contributed by atoms with E-state index in [0.29, 0.717) is 0 Å². The Labute approximate surface area is 157 Å². The van der Waals surface area contributed by atoms with Crippen LogP contribution in [0.2, 0.25) is 0 Å². The third-order valence-corrected chi connectivity index (χ3v) is 5.18.